The number of nitrogens with zero attached hydrogens (tertiary/aromatic N) is 2. The van der Waals surface area contributed by atoms with Gasteiger partial charge >= 0.3 is 0 Å². The van der Waals surface area contributed by atoms with Crippen molar-refractivity contribution in [3.05, 3.63) is 346 Å². The largest absolute Gasteiger partial charge is 0.380 e. The van der Waals surface area contributed by atoms with E-state index in [1.807, 2.05) is 23.5 Å². The first kappa shape index (κ1) is 61.7. The van der Waals surface area contributed by atoms with Gasteiger partial charge in [0.1, 0.15) is 0 Å². The highest BCUT2D eigenvalue weighted by Gasteiger charge is 2.49. The maximum atomic E-state index is 5.73. The SMILES string of the molecule is CCC1(CSc2ccc(C3(c4cc(C)ccc4C)c4ccccc4-c4ccc(N(c5ccccc5)c5ccc(-c6ccc(N(c7ccccc7)c7ccc8c(c7)C(c7ccc(SCC9(CC)COC9)cc7)(c7cc(C)ccc7C)c7ccccc7-8)cc6)cc5)cc43)cc2)COC1. The second-order valence-electron chi connectivity index (χ2n) is 27.4. The second-order valence-corrected chi connectivity index (χ2v) is 29.5. The van der Waals surface area contributed by atoms with Crippen molar-refractivity contribution in [3.63, 3.8) is 0 Å². The van der Waals surface area contributed by atoms with Crippen LogP contribution in [0.5, 0.6) is 0 Å². The fourth-order valence-corrected chi connectivity index (χ4v) is 18.2. The predicted molar refractivity (Wildman–Crippen MR) is 403 cm³/mol. The monoisotopic (exact) mass is 1280 g/mol. The summed E-state index contributed by atoms with van der Waals surface area (Å²) in [6.07, 6.45) is 2.27. The molecule has 2 aliphatic carbocycles. The van der Waals surface area contributed by atoms with Crippen molar-refractivity contribution in [2.75, 3.05) is 47.7 Å². The molecular formula is C90H80N2O2S2. The van der Waals surface area contributed by atoms with E-state index in [2.05, 4.69) is 330 Å². The van der Waals surface area contributed by atoms with E-state index in [-0.39, 0.29) is 10.8 Å². The Bertz CT molecular complexity index is 4530. The van der Waals surface area contributed by atoms with Gasteiger partial charge in [0.15, 0.2) is 0 Å². The van der Waals surface area contributed by atoms with Crippen LogP contribution in [0.2, 0.25) is 0 Å². The molecule has 0 N–H and O–H groups in total. The number of aryl methyl sites for hydroxylation is 4. The topological polar surface area (TPSA) is 24.9 Å². The summed E-state index contributed by atoms with van der Waals surface area (Å²) >= 11 is 3.93. The lowest BCUT2D eigenvalue weighted by Crippen LogP contribution is -2.44. The van der Waals surface area contributed by atoms with Gasteiger partial charge in [-0.1, -0.05) is 207 Å². The van der Waals surface area contributed by atoms with Gasteiger partial charge in [0.05, 0.1) is 37.3 Å². The van der Waals surface area contributed by atoms with Gasteiger partial charge in [-0.15, -0.1) is 23.5 Å². The number of anilines is 6. The van der Waals surface area contributed by atoms with Crippen LogP contribution in [0, 0.1) is 38.5 Å². The lowest BCUT2D eigenvalue weighted by Gasteiger charge is -2.40. The third kappa shape index (κ3) is 10.5. The highest BCUT2D eigenvalue weighted by molar-refractivity contribution is 7.99. The molecule has 0 aromatic heterocycles. The lowest BCUT2D eigenvalue weighted by molar-refractivity contribution is -0.0994. The van der Waals surface area contributed by atoms with Crippen LogP contribution >= 0.6 is 23.5 Å². The van der Waals surface area contributed by atoms with E-state index in [1.165, 1.54) is 98.8 Å². The van der Waals surface area contributed by atoms with Crippen LogP contribution in [-0.2, 0) is 20.3 Å². The summed E-state index contributed by atoms with van der Waals surface area (Å²) in [5, 5.41) is 0. The minimum absolute atomic E-state index is 0.265. The molecule has 474 valence electrons. The molecule has 2 heterocycles. The molecule has 0 radical (unpaired) electrons. The summed E-state index contributed by atoms with van der Waals surface area (Å²) in [5.74, 6) is 2.13. The summed E-state index contributed by atoms with van der Waals surface area (Å²) in [6.45, 7) is 17.1. The normalized spacial score (nSPS) is 17.5. The minimum Gasteiger partial charge on any atom is -0.380 e. The zero-order valence-electron chi connectivity index (χ0n) is 55.7. The Kier molecular flexibility index (Phi) is 16.2. The standard InChI is InChI=1S/C90H80N2O2S2/c1-7-87(55-93-56-87)59-95-75-45-35-67(36-46-75)89(83-51-61(3)27-29-63(83)5)81-25-17-15-23-77(81)79-49-43-73(53-85(79)89)91(69-19-11-9-12-20-69)71-39-31-65(32-40-71)66-33-41-72(42-34-66)92(70-21-13-10-14-22-70)74-44-50-80-78-24-16-18-26-82(78)90(86(80)54-74,84-52-62(4)28-30-64(84)6)68-37-47-76(48-38-68)96-60-88(8-2)57-94-58-88/h9-54H,7-8,55-60H2,1-6H3. The zero-order valence-corrected chi connectivity index (χ0v) is 57.4. The summed E-state index contributed by atoms with van der Waals surface area (Å²) in [5.41, 5.74) is 28.8. The number of hydrogen-bond donors (Lipinski definition) is 0. The molecule has 2 fully saturated rings. The van der Waals surface area contributed by atoms with Gasteiger partial charge in [-0.3, -0.25) is 0 Å². The molecule has 12 aromatic rings. The number of hydrogen-bond acceptors (Lipinski definition) is 6. The molecule has 0 saturated carbocycles. The molecule has 96 heavy (non-hydrogen) atoms. The molecule has 2 saturated heterocycles. The average Bonchev–Trinajstić information content (AvgIpc) is 1.53. The van der Waals surface area contributed by atoms with Crippen molar-refractivity contribution in [3.8, 4) is 33.4 Å². The van der Waals surface area contributed by atoms with Gasteiger partial charge in [-0.05, 0) is 227 Å². The average molecular weight is 1290 g/mol. The lowest BCUT2D eigenvalue weighted by atomic mass is 9.66. The van der Waals surface area contributed by atoms with Crippen LogP contribution in [0.1, 0.15) is 93.5 Å². The first-order valence-corrected chi connectivity index (χ1v) is 36.2. The van der Waals surface area contributed by atoms with Crippen molar-refractivity contribution < 1.29 is 9.47 Å². The number of thioether (sulfide) groups is 2. The molecule has 12 aromatic carbocycles. The van der Waals surface area contributed by atoms with E-state index in [0.29, 0.717) is 0 Å². The van der Waals surface area contributed by atoms with E-state index in [9.17, 15) is 0 Å². The summed E-state index contributed by atoms with van der Waals surface area (Å²) < 4.78 is 11.5. The third-order valence-electron chi connectivity index (χ3n) is 21.6. The van der Waals surface area contributed by atoms with Crippen LogP contribution in [-0.4, -0.2) is 37.9 Å². The highest BCUT2D eigenvalue weighted by Crippen LogP contribution is 2.61. The van der Waals surface area contributed by atoms with Crippen LogP contribution < -0.4 is 9.80 Å². The number of benzene rings is 12. The summed E-state index contributed by atoms with van der Waals surface area (Å²) in [4.78, 5) is 7.46. The zero-order chi connectivity index (χ0) is 65.2. The van der Waals surface area contributed by atoms with Crippen LogP contribution in [0.25, 0.3) is 33.4 Å². The Balaban J connectivity index is 0.760. The van der Waals surface area contributed by atoms with Gasteiger partial charge in [0.2, 0.25) is 0 Å². The molecule has 0 amide bonds. The predicted octanol–water partition coefficient (Wildman–Crippen LogP) is 23.3. The first-order valence-electron chi connectivity index (χ1n) is 34.2. The molecule has 6 heteroatoms. The van der Waals surface area contributed by atoms with Crippen LogP contribution in [0.15, 0.2) is 289 Å². The number of rotatable bonds is 19. The quantitative estimate of drug-likeness (QED) is 0.0749. The van der Waals surface area contributed by atoms with Crippen LogP contribution in [0.3, 0.4) is 0 Å². The summed E-state index contributed by atoms with van der Waals surface area (Å²) in [7, 11) is 0. The van der Waals surface area contributed by atoms with E-state index in [4.69, 9.17) is 9.47 Å². The highest BCUT2D eigenvalue weighted by atomic mass is 32.2. The third-order valence-corrected chi connectivity index (χ3v) is 24.3. The second kappa shape index (κ2) is 25.1. The maximum absolute atomic E-state index is 5.73. The fraction of sp³-hybridized carbons (Fsp3) is 0.200. The van der Waals surface area contributed by atoms with Gasteiger partial charge in [-0.25, -0.2) is 0 Å². The van der Waals surface area contributed by atoms with E-state index >= 15 is 0 Å². The molecule has 0 spiro atoms. The van der Waals surface area contributed by atoms with E-state index < -0.39 is 10.8 Å². The van der Waals surface area contributed by atoms with Gasteiger partial charge in [0, 0.05) is 66.3 Å². The molecular weight excluding hydrogens is 1210 g/mol. The minimum atomic E-state index is -0.574. The smallest absolute Gasteiger partial charge is 0.0716 e. The van der Waals surface area contributed by atoms with Crippen molar-refractivity contribution in [1.29, 1.82) is 0 Å². The van der Waals surface area contributed by atoms with Crippen LogP contribution in [0.4, 0.5) is 34.1 Å². The van der Waals surface area contributed by atoms with Crippen molar-refractivity contribution >= 4 is 57.6 Å². The van der Waals surface area contributed by atoms with Gasteiger partial charge in [0.25, 0.3) is 0 Å². The number of fused-ring (bicyclic) bond motifs is 6. The fourth-order valence-electron chi connectivity index (χ4n) is 15.9. The Morgan fingerprint density at radius 3 is 1.02 bits per heavy atom. The summed E-state index contributed by atoms with van der Waals surface area (Å²) in [6, 6.07) is 106. The van der Waals surface area contributed by atoms with E-state index in [0.717, 1.165) is 96.0 Å². The molecule has 2 unspecified atom stereocenters. The van der Waals surface area contributed by atoms with Gasteiger partial charge in [-0.2, -0.15) is 0 Å². The van der Waals surface area contributed by atoms with E-state index in [1.54, 1.807) is 0 Å². The Morgan fingerprint density at radius 1 is 0.312 bits per heavy atom. The molecule has 16 rings (SSSR count). The van der Waals surface area contributed by atoms with Gasteiger partial charge < -0.3 is 19.3 Å². The number of para-hydroxylation sites is 2. The van der Waals surface area contributed by atoms with Crippen molar-refractivity contribution in [2.24, 2.45) is 10.8 Å². The maximum Gasteiger partial charge on any atom is 0.0716 e. The Morgan fingerprint density at radius 2 is 0.656 bits per heavy atom. The molecule has 2 aliphatic heterocycles. The molecule has 2 atom stereocenters. The molecule has 4 nitrogen and oxygen atoms in total. The molecule has 0 bridgehead atoms. The Labute approximate surface area is 576 Å². The van der Waals surface area contributed by atoms with Crippen molar-refractivity contribution in [1.82, 2.24) is 0 Å². The molecule has 4 aliphatic rings. The Hall–Kier alpha value is -9.14. The first-order chi connectivity index (χ1) is 47.0. The van der Waals surface area contributed by atoms with Crippen molar-refractivity contribution in [2.45, 2.75) is 75.0 Å². The number of ether oxygens (including phenoxy) is 2.